The van der Waals surface area contributed by atoms with Crippen LogP contribution in [0.4, 0.5) is 11.5 Å². The van der Waals surface area contributed by atoms with Gasteiger partial charge in [0.1, 0.15) is 5.76 Å². The van der Waals surface area contributed by atoms with Crippen molar-refractivity contribution in [1.29, 1.82) is 0 Å². The Balaban J connectivity index is 1.87. The van der Waals surface area contributed by atoms with Gasteiger partial charge in [0, 0.05) is 29.7 Å². The van der Waals surface area contributed by atoms with Crippen LogP contribution in [0.25, 0.3) is 5.76 Å². The Labute approximate surface area is 154 Å². The zero-order valence-electron chi connectivity index (χ0n) is 14.8. The minimum Gasteiger partial charge on any atom is -0.508 e. The molecule has 0 bridgehead atoms. The molecule has 2 aromatic rings. The van der Waals surface area contributed by atoms with Gasteiger partial charge in [-0.05, 0) is 55.3 Å². The number of hydrogen-bond donors (Lipinski definition) is 2. The van der Waals surface area contributed by atoms with Gasteiger partial charge in [-0.3, -0.25) is 0 Å². The summed E-state index contributed by atoms with van der Waals surface area (Å²) in [5, 5.41) is 9.74. The van der Waals surface area contributed by atoms with Gasteiger partial charge in [-0.15, -0.1) is 0 Å². The minimum absolute atomic E-state index is 0.0370. The summed E-state index contributed by atoms with van der Waals surface area (Å²) in [6, 6.07) is 10.2. The number of pyridine rings is 1. The topological polar surface area (TPSA) is 48.4 Å². The van der Waals surface area contributed by atoms with Crippen LogP contribution in [0.15, 0.2) is 48.0 Å². The highest BCUT2D eigenvalue weighted by molar-refractivity contribution is 8.00. The SMILES string of the molecule is C=C(O)c1cnc(N2CCCC(C)C2)c(NSc2ccccc2C)c1. The van der Waals surface area contributed by atoms with Crippen LogP contribution in [0.5, 0.6) is 0 Å². The quantitative estimate of drug-likeness (QED) is 0.565. The summed E-state index contributed by atoms with van der Waals surface area (Å²) in [6.07, 6.45) is 4.14. The molecule has 0 saturated carbocycles. The second-order valence-electron chi connectivity index (χ2n) is 6.70. The summed E-state index contributed by atoms with van der Waals surface area (Å²) in [4.78, 5) is 8.13. The number of rotatable bonds is 5. The van der Waals surface area contributed by atoms with E-state index in [1.54, 1.807) is 18.1 Å². The van der Waals surface area contributed by atoms with Crippen molar-refractivity contribution in [1.82, 2.24) is 4.98 Å². The van der Waals surface area contributed by atoms with Crippen LogP contribution in [-0.2, 0) is 0 Å². The number of hydrogen-bond acceptors (Lipinski definition) is 5. The average molecular weight is 356 g/mol. The van der Waals surface area contributed by atoms with Gasteiger partial charge in [0.25, 0.3) is 0 Å². The summed E-state index contributed by atoms with van der Waals surface area (Å²) < 4.78 is 3.44. The van der Waals surface area contributed by atoms with Crippen LogP contribution >= 0.6 is 11.9 Å². The van der Waals surface area contributed by atoms with Crippen molar-refractivity contribution in [2.45, 2.75) is 31.6 Å². The summed E-state index contributed by atoms with van der Waals surface area (Å²) >= 11 is 1.57. The monoisotopic (exact) mass is 355 g/mol. The van der Waals surface area contributed by atoms with Gasteiger partial charge in [0.15, 0.2) is 5.82 Å². The van der Waals surface area contributed by atoms with E-state index in [2.05, 4.69) is 47.2 Å². The third-order valence-corrected chi connectivity index (χ3v) is 5.52. The Morgan fingerprint density at radius 1 is 1.40 bits per heavy atom. The van der Waals surface area contributed by atoms with E-state index in [0.717, 1.165) is 24.6 Å². The van der Waals surface area contributed by atoms with Crippen molar-refractivity contribution in [2.24, 2.45) is 5.92 Å². The first-order valence-electron chi connectivity index (χ1n) is 8.66. The van der Waals surface area contributed by atoms with E-state index in [0.29, 0.717) is 11.5 Å². The largest absolute Gasteiger partial charge is 0.508 e. The minimum atomic E-state index is 0.0370. The number of nitrogens with zero attached hydrogens (tertiary/aromatic N) is 2. The van der Waals surface area contributed by atoms with Crippen LogP contribution in [0.3, 0.4) is 0 Å². The molecule has 1 unspecified atom stereocenters. The number of anilines is 2. The van der Waals surface area contributed by atoms with Gasteiger partial charge in [0.2, 0.25) is 0 Å². The van der Waals surface area contributed by atoms with Crippen LogP contribution in [0.1, 0.15) is 30.9 Å². The van der Waals surface area contributed by atoms with E-state index in [1.807, 2.05) is 18.2 Å². The third-order valence-electron chi connectivity index (χ3n) is 4.52. The number of aliphatic hydroxyl groups excluding tert-OH is 1. The molecule has 0 spiro atoms. The molecule has 1 aromatic heterocycles. The first kappa shape index (κ1) is 17.7. The number of aryl methyl sites for hydroxylation is 1. The Bertz CT molecular complexity index is 762. The highest BCUT2D eigenvalue weighted by atomic mass is 32.2. The molecule has 2 heterocycles. The van der Waals surface area contributed by atoms with E-state index in [9.17, 15) is 5.11 Å². The molecular weight excluding hydrogens is 330 g/mol. The lowest BCUT2D eigenvalue weighted by Gasteiger charge is -2.33. The molecule has 1 aliphatic rings. The summed E-state index contributed by atoms with van der Waals surface area (Å²) in [6.45, 7) is 10.0. The predicted molar refractivity (Wildman–Crippen MR) is 107 cm³/mol. The van der Waals surface area contributed by atoms with Gasteiger partial charge in [-0.2, -0.15) is 0 Å². The van der Waals surface area contributed by atoms with Crippen molar-refractivity contribution in [3.05, 3.63) is 54.2 Å². The maximum absolute atomic E-state index is 9.74. The van der Waals surface area contributed by atoms with Crippen molar-refractivity contribution < 1.29 is 5.11 Å². The van der Waals surface area contributed by atoms with E-state index in [-0.39, 0.29) is 5.76 Å². The number of piperidine rings is 1. The third kappa shape index (κ3) is 4.28. The van der Waals surface area contributed by atoms with Crippen molar-refractivity contribution >= 4 is 29.2 Å². The van der Waals surface area contributed by atoms with E-state index >= 15 is 0 Å². The molecule has 25 heavy (non-hydrogen) atoms. The number of nitrogens with one attached hydrogen (secondary N) is 1. The van der Waals surface area contributed by atoms with Crippen LogP contribution in [0, 0.1) is 12.8 Å². The second-order valence-corrected chi connectivity index (χ2v) is 7.55. The number of aromatic nitrogens is 1. The lowest BCUT2D eigenvalue weighted by Crippen LogP contribution is -2.35. The number of benzene rings is 1. The van der Waals surface area contributed by atoms with E-state index in [4.69, 9.17) is 0 Å². The summed E-state index contributed by atoms with van der Waals surface area (Å²) in [5.41, 5.74) is 2.78. The first-order chi connectivity index (χ1) is 12.0. The highest BCUT2D eigenvalue weighted by Gasteiger charge is 2.21. The second kappa shape index (κ2) is 7.83. The molecule has 5 heteroatoms. The Kier molecular flexibility index (Phi) is 5.53. The predicted octanol–water partition coefficient (Wildman–Crippen LogP) is 5.27. The van der Waals surface area contributed by atoms with Gasteiger partial charge in [-0.1, -0.05) is 31.7 Å². The molecule has 0 amide bonds. The fourth-order valence-electron chi connectivity index (χ4n) is 3.11. The molecule has 132 valence electrons. The maximum atomic E-state index is 9.74. The van der Waals surface area contributed by atoms with Crippen molar-refractivity contribution in [3.8, 4) is 0 Å². The standard InChI is InChI=1S/C20H25N3OS/c1-14-7-6-10-23(13-14)20-18(11-17(12-21-20)16(3)24)22-25-19-9-5-4-8-15(19)2/h4-5,8-9,11-12,14,22,24H,3,6-7,10,13H2,1-2H3. The maximum Gasteiger partial charge on any atom is 0.152 e. The Morgan fingerprint density at radius 2 is 2.20 bits per heavy atom. The number of aliphatic hydroxyl groups is 1. The summed E-state index contributed by atoms with van der Waals surface area (Å²) in [7, 11) is 0. The van der Waals surface area contributed by atoms with Crippen LogP contribution in [-0.4, -0.2) is 23.2 Å². The van der Waals surface area contributed by atoms with Gasteiger partial charge < -0.3 is 14.7 Å². The Morgan fingerprint density at radius 3 is 2.92 bits per heavy atom. The summed E-state index contributed by atoms with van der Waals surface area (Å²) in [5.74, 6) is 1.65. The normalized spacial score (nSPS) is 17.4. The van der Waals surface area contributed by atoms with E-state index in [1.165, 1.54) is 23.3 Å². The smallest absolute Gasteiger partial charge is 0.152 e. The Hall–Kier alpha value is -2.14. The lowest BCUT2D eigenvalue weighted by atomic mass is 10.0. The van der Waals surface area contributed by atoms with E-state index < -0.39 is 0 Å². The van der Waals surface area contributed by atoms with Crippen molar-refractivity contribution in [2.75, 3.05) is 22.7 Å². The zero-order valence-corrected chi connectivity index (χ0v) is 15.6. The molecular formula is C20H25N3OS. The fourth-order valence-corrected chi connectivity index (χ4v) is 3.85. The van der Waals surface area contributed by atoms with Gasteiger partial charge >= 0.3 is 0 Å². The fraction of sp³-hybridized carbons (Fsp3) is 0.350. The molecule has 1 aromatic carbocycles. The van der Waals surface area contributed by atoms with Gasteiger partial charge in [-0.25, -0.2) is 4.98 Å². The van der Waals surface area contributed by atoms with Gasteiger partial charge in [0.05, 0.1) is 5.69 Å². The van der Waals surface area contributed by atoms with Crippen LogP contribution < -0.4 is 9.62 Å². The molecule has 2 N–H and O–H groups in total. The lowest BCUT2D eigenvalue weighted by molar-refractivity contribution is 0.445. The first-order valence-corrected chi connectivity index (χ1v) is 9.48. The molecule has 1 atom stereocenters. The average Bonchev–Trinajstić information content (AvgIpc) is 2.61. The molecule has 1 fully saturated rings. The highest BCUT2D eigenvalue weighted by Crippen LogP contribution is 2.33. The molecule has 0 radical (unpaired) electrons. The molecule has 3 rings (SSSR count). The zero-order chi connectivity index (χ0) is 17.8. The van der Waals surface area contributed by atoms with Crippen molar-refractivity contribution in [3.63, 3.8) is 0 Å². The molecule has 0 aliphatic carbocycles. The molecule has 1 saturated heterocycles. The molecule has 1 aliphatic heterocycles. The van der Waals surface area contributed by atoms with Crippen LogP contribution in [0.2, 0.25) is 0 Å². The molecule has 4 nitrogen and oxygen atoms in total.